The highest BCUT2D eigenvalue weighted by Gasteiger charge is 2.43. The summed E-state index contributed by atoms with van der Waals surface area (Å²) in [6, 6.07) is 13.0. The predicted molar refractivity (Wildman–Crippen MR) is 79.4 cm³/mol. The normalized spacial score (nSPS) is 38.5. The molecule has 0 amide bonds. The Morgan fingerprint density at radius 1 is 1.00 bits per heavy atom. The van der Waals surface area contributed by atoms with Gasteiger partial charge in [0.2, 0.25) is 0 Å². The predicted octanol–water partition coefficient (Wildman–Crippen LogP) is 2.64. The summed E-state index contributed by atoms with van der Waals surface area (Å²) in [6.45, 7) is 1.97. The Hall–Kier alpha value is -0.900. The van der Waals surface area contributed by atoms with Gasteiger partial charge in [0.1, 0.15) is 6.23 Å². The third kappa shape index (κ3) is 2.09. The van der Waals surface area contributed by atoms with Crippen molar-refractivity contribution in [2.24, 2.45) is 0 Å². The van der Waals surface area contributed by atoms with Gasteiger partial charge in [0.15, 0.2) is 0 Å². The Labute approximate surface area is 121 Å². The topological polar surface area (TPSA) is 15.7 Å². The molecule has 3 heteroatoms. The maximum Gasteiger partial charge on any atom is 0.137 e. The van der Waals surface area contributed by atoms with Crippen molar-refractivity contribution >= 4 is 0 Å². The van der Waals surface area contributed by atoms with Crippen LogP contribution in [-0.2, 0) is 4.74 Å². The maximum atomic E-state index is 6.03. The molecule has 0 saturated carbocycles. The van der Waals surface area contributed by atoms with Gasteiger partial charge in [-0.2, -0.15) is 0 Å². The van der Waals surface area contributed by atoms with Gasteiger partial charge in [-0.15, -0.1) is 0 Å². The summed E-state index contributed by atoms with van der Waals surface area (Å²) in [4.78, 5) is 5.23. The van der Waals surface area contributed by atoms with Crippen LogP contribution in [0.5, 0.6) is 0 Å². The van der Waals surface area contributed by atoms with Crippen molar-refractivity contribution < 1.29 is 4.74 Å². The molecule has 0 N–H and O–H groups in total. The lowest BCUT2D eigenvalue weighted by molar-refractivity contribution is -0.0145. The second-order valence-electron chi connectivity index (χ2n) is 6.55. The Morgan fingerprint density at radius 3 is 2.40 bits per heavy atom. The lowest BCUT2D eigenvalue weighted by Crippen LogP contribution is -2.48. The number of rotatable bonds is 2. The maximum absolute atomic E-state index is 6.03. The summed E-state index contributed by atoms with van der Waals surface area (Å²) in [5.41, 5.74) is 1.32. The summed E-state index contributed by atoms with van der Waals surface area (Å²) in [5.74, 6) is 0. The van der Waals surface area contributed by atoms with E-state index in [-0.39, 0.29) is 6.23 Å². The monoisotopic (exact) mass is 272 g/mol. The van der Waals surface area contributed by atoms with Crippen molar-refractivity contribution in [3.63, 3.8) is 0 Å². The highest BCUT2D eigenvalue weighted by atomic mass is 16.5. The van der Waals surface area contributed by atoms with Gasteiger partial charge in [0.05, 0.1) is 6.61 Å². The second-order valence-corrected chi connectivity index (χ2v) is 6.55. The Morgan fingerprint density at radius 2 is 1.70 bits per heavy atom. The molecule has 4 rings (SSSR count). The molecule has 3 heterocycles. The zero-order valence-corrected chi connectivity index (χ0v) is 12.2. The molecule has 3 fully saturated rings. The smallest absolute Gasteiger partial charge is 0.137 e. The molecule has 3 nitrogen and oxygen atoms in total. The van der Waals surface area contributed by atoms with Gasteiger partial charge in [-0.05, 0) is 38.3 Å². The fraction of sp³-hybridized carbons (Fsp3) is 0.647. The molecule has 1 aromatic carbocycles. The van der Waals surface area contributed by atoms with Crippen LogP contribution in [0.3, 0.4) is 0 Å². The Bertz CT molecular complexity index is 449. The average Bonchev–Trinajstić information content (AvgIpc) is 3.02. The van der Waals surface area contributed by atoms with Crippen LogP contribution in [0.25, 0.3) is 0 Å². The van der Waals surface area contributed by atoms with Crippen LogP contribution in [-0.4, -0.2) is 48.1 Å². The van der Waals surface area contributed by atoms with Gasteiger partial charge in [-0.25, -0.2) is 0 Å². The van der Waals surface area contributed by atoms with E-state index in [0.717, 1.165) is 25.2 Å². The number of ether oxygens (including phenoxy) is 1. The summed E-state index contributed by atoms with van der Waals surface area (Å²) in [7, 11) is 2.31. The lowest BCUT2D eigenvalue weighted by atomic mass is 9.96. The summed E-state index contributed by atoms with van der Waals surface area (Å²) < 4.78 is 6.03. The van der Waals surface area contributed by atoms with Crippen LogP contribution >= 0.6 is 0 Å². The van der Waals surface area contributed by atoms with E-state index in [9.17, 15) is 0 Å². The molecule has 0 aromatic heterocycles. The molecule has 20 heavy (non-hydrogen) atoms. The molecular weight excluding hydrogens is 248 g/mol. The summed E-state index contributed by atoms with van der Waals surface area (Å²) in [6.07, 6.45) is 5.61. The highest BCUT2D eigenvalue weighted by molar-refractivity contribution is 5.18. The van der Waals surface area contributed by atoms with Crippen molar-refractivity contribution in [3.8, 4) is 0 Å². The van der Waals surface area contributed by atoms with E-state index in [0.29, 0.717) is 6.04 Å². The van der Waals surface area contributed by atoms with Crippen molar-refractivity contribution in [3.05, 3.63) is 35.9 Å². The van der Waals surface area contributed by atoms with Gasteiger partial charge < -0.3 is 9.64 Å². The standard InChI is InChI=1S/C17H24N2O/c1-18-14-7-8-15(18)12-16(11-14)19-9-10-20-17(19)13-5-3-2-4-6-13/h2-6,14-17H,7-12H2,1H3. The van der Waals surface area contributed by atoms with Crippen LogP contribution in [0.2, 0.25) is 0 Å². The van der Waals surface area contributed by atoms with Crippen LogP contribution in [0.1, 0.15) is 37.5 Å². The van der Waals surface area contributed by atoms with Gasteiger partial charge in [0, 0.05) is 24.7 Å². The second kappa shape index (κ2) is 5.14. The van der Waals surface area contributed by atoms with E-state index < -0.39 is 0 Å². The van der Waals surface area contributed by atoms with E-state index >= 15 is 0 Å². The van der Waals surface area contributed by atoms with Gasteiger partial charge in [-0.1, -0.05) is 30.3 Å². The van der Waals surface area contributed by atoms with Gasteiger partial charge in [-0.3, -0.25) is 4.90 Å². The molecular formula is C17H24N2O. The van der Waals surface area contributed by atoms with Crippen LogP contribution < -0.4 is 0 Å². The Balaban J connectivity index is 1.53. The van der Waals surface area contributed by atoms with Crippen LogP contribution in [0.4, 0.5) is 0 Å². The van der Waals surface area contributed by atoms with E-state index in [1.807, 2.05) is 0 Å². The van der Waals surface area contributed by atoms with Crippen molar-refractivity contribution in [2.75, 3.05) is 20.2 Å². The number of piperidine rings is 1. The first kappa shape index (κ1) is 12.8. The van der Waals surface area contributed by atoms with Gasteiger partial charge in [0.25, 0.3) is 0 Å². The van der Waals surface area contributed by atoms with E-state index in [1.54, 1.807) is 0 Å². The van der Waals surface area contributed by atoms with Crippen LogP contribution in [0.15, 0.2) is 30.3 Å². The largest absolute Gasteiger partial charge is 0.358 e. The Kier molecular flexibility index (Phi) is 3.29. The zero-order chi connectivity index (χ0) is 13.5. The quantitative estimate of drug-likeness (QED) is 0.823. The lowest BCUT2D eigenvalue weighted by Gasteiger charge is -2.41. The van der Waals surface area contributed by atoms with Gasteiger partial charge >= 0.3 is 0 Å². The SMILES string of the molecule is CN1C2CCC1CC(N1CCOC1c1ccccc1)C2. The van der Waals surface area contributed by atoms with E-state index in [4.69, 9.17) is 4.74 Å². The fourth-order valence-corrected chi connectivity index (χ4v) is 4.42. The third-order valence-corrected chi connectivity index (χ3v) is 5.55. The first-order valence-electron chi connectivity index (χ1n) is 7.97. The number of nitrogens with zero attached hydrogens (tertiary/aromatic N) is 2. The molecule has 108 valence electrons. The molecule has 3 unspecified atom stereocenters. The molecule has 3 aliphatic rings. The van der Waals surface area contributed by atoms with Crippen molar-refractivity contribution in [1.29, 1.82) is 0 Å². The molecule has 0 radical (unpaired) electrons. The third-order valence-electron chi connectivity index (χ3n) is 5.55. The average molecular weight is 272 g/mol. The van der Waals surface area contributed by atoms with Crippen LogP contribution in [0, 0.1) is 0 Å². The number of hydrogen-bond donors (Lipinski definition) is 0. The van der Waals surface area contributed by atoms with E-state index in [1.165, 1.54) is 31.2 Å². The van der Waals surface area contributed by atoms with Crippen molar-refractivity contribution in [2.45, 2.75) is 50.0 Å². The molecule has 0 spiro atoms. The van der Waals surface area contributed by atoms with Crippen molar-refractivity contribution in [1.82, 2.24) is 9.80 Å². The molecule has 0 aliphatic carbocycles. The molecule has 3 aliphatic heterocycles. The molecule has 1 aromatic rings. The minimum Gasteiger partial charge on any atom is -0.358 e. The molecule has 2 bridgehead atoms. The highest BCUT2D eigenvalue weighted by Crippen LogP contribution is 2.40. The molecule has 3 saturated heterocycles. The number of hydrogen-bond acceptors (Lipinski definition) is 3. The summed E-state index contributed by atoms with van der Waals surface area (Å²) in [5, 5.41) is 0. The van der Waals surface area contributed by atoms with E-state index in [2.05, 4.69) is 47.2 Å². The first-order valence-corrected chi connectivity index (χ1v) is 7.97. The first-order chi connectivity index (χ1) is 9.83. The number of benzene rings is 1. The fourth-order valence-electron chi connectivity index (χ4n) is 4.42. The minimum atomic E-state index is 0.184. The number of fused-ring (bicyclic) bond motifs is 2. The minimum absolute atomic E-state index is 0.184. The zero-order valence-electron chi connectivity index (χ0n) is 12.2. The summed E-state index contributed by atoms with van der Waals surface area (Å²) >= 11 is 0. The molecule has 3 atom stereocenters.